The van der Waals surface area contributed by atoms with Gasteiger partial charge in [0.15, 0.2) is 0 Å². The van der Waals surface area contributed by atoms with Gasteiger partial charge in [-0.05, 0) is 53.9 Å². The summed E-state index contributed by atoms with van der Waals surface area (Å²) < 4.78 is 12.9. The van der Waals surface area contributed by atoms with E-state index in [9.17, 15) is 14.0 Å². The molecule has 30 heavy (non-hydrogen) atoms. The maximum Gasteiger partial charge on any atom is 0.251 e. The number of amides is 2. The molecule has 0 bridgehead atoms. The normalized spacial score (nSPS) is 10.4. The third-order valence-electron chi connectivity index (χ3n) is 4.39. The molecule has 4 nitrogen and oxygen atoms in total. The Morgan fingerprint density at radius 1 is 0.833 bits per heavy atom. The molecule has 0 aliphatic rings. The summed E-state index contributed by atoms with van der Waals surface area (Å²) in [6.45, 7) is 0.587. The van der Waals surface area contributed by atoms with E-state index in [1.54, 1.807) is 12.1 Å². The third-order valence-corrected chi connectivity index (χ3v) is 5.39. The van der Waals surface area contributed by atoms with E-state index in [0.717, 1.165) is 12.0 Å². The summed E-state index contributed by atoms with van der Waals surface area (Å²) in [4.78, 5) is 24.2. The summed E-state index contributed by atoms with van der Waals surface area (Å²) in [6, 6.07) is 23.1. The van der Waals surface area contributed by atoms with Crippen molar-refractivity contribution in [3.05, 3.63) is 101 Å². The molecule has 0 fully saturated rings. The molecular weight excluding hydrogens is 399 g/mol. The number of carbonyl (C=O) groups excluding carboxylic acids is 2. The zero-order chi connectivity index (χ0) is 21.2. The first-order valence-corrected chi connectivity index (χ1v) is 10.8. The summed E-state index contributed by atoms with van der Waals surface area (Å²) >= 11 is 1.48. The van der Waals surface area contributed by atoms with E-state index in [-0.39, 0.29) is 17.6 Å². The minimum absolute atomic E-state index is 0.0937. The van der Waals surface area contributed by atoms with Crippen molar-refractivity contribution in [3.63, 3.8) is 0 Å². The van der Waals surface area contributed by atoms with Gasteiger partial charge in [0.05, 0.1) is 5.75 Å². The Morgan fingerprint density at radius 3 is 2.23 bits per heavy atom. The average molecular weight is 423 g/mol. The molecule has 3 rings (SSSR count). The first-order chi connectivity index (χ1) is 14.6. The van der Waals surface area contributed by atoms with Crippen LogP contribution in [0.1, 0.15) is 21.5 Å². The van der Waals surface area contributed by atoms with Gasteiger partial charge in [0, 0.05) is 23.5 Å². The number of nitrogens with one attached hydrogen (secondary N) is 2. The highest BCUT2D eigenvalue weighted by atomic mass is 32.2. The van der Waals surface area contributed by atoms with E-state index in [4.69, 9.17) is 0 Å². The predicted molar refractivity (Wildman–Crippen MR) is 120 cm³/mol. The van der Waals surface area contributed by atoms with Crippen LogP contribution in [0.4, 0.5) is 10.1 Å². The minimum atomic E-state index is -0.337. The van der Waals surface area contributed by atoms with Crippen LogP contribution in [0, 0.1) is 5.82 Å². The third kappa shape index (κ3) is 7.04. The highest BCUT2D eigenvalue weighted by Gasteiger charge is 2.06. The van der Waals surface area contributed by atoms with Crippen molar-refractivity contribution in [2.45, 2.75) is 12.2 Å². The van der Waals surface area contributed by atoms with E-state index in [2.05, 4.69) is 10.6 Å². The lowest BCUT2D eigenvalue weighted by Gasteiger charge is -2.07. The standard InChI is InChI=1S/C24H23FN2O2S/c25-21-10-12-22(13-11-21)27-23(28)17-30-16-19-6-8-20(9-7-19)24(29)26-15-14-18-4-2-1-3-5-18/h1-13H,14-17H2,(H,26,29)(H,27,28). The number of halogens is 1. The van der Waals surface area contributed by atoms with Crippen LogP contribution in [0.15, 0.2) is 78.9 Å². The van der Waals surface area contributed by atoms with Crippen LogP contribution in [0.25, 0.3) is 0 Å². The molecule has 6 heteroatoms. The van der Waals surface area contributed by atoms with E-state index in [0.29, 0.717) is 29.3 Å². The number of rotatable bonds is 9. The smallest absolute Gasteiger partial charge is 0.251 e. The fraction of sp³-hybridized carbons (Fsp3) is 0.167. The molecule has 0 heterocycles. The largest absolute Gasteiger partial charge is 0.352 e. The molecule has 0 saturated heterocycles. The maximum absolute atomic E-state index is 12.9. The van der Waals surface area contributed by atoms with Crippen molar-refractivity contribution in [2.24, 2.45) is 0 Å². The van der Waals surface area contributed by atoms with E-state index >= 15 is 0 Å². The fourth-order valence-electron chi connectivity index (χ4n) is 2.81. The zero-order valence-corrected chi connectivity index (χ0v) is 17.3. The maximum atomic E-state index is 12.9. The Balaban J connectivity index is 1.37. The Hall–Kier alpha value is -3.12. The fourth-order valence-corrected chi connectivity index (χ4v) is 3.60. The van der Waals surface area contributed by atoms with Gasteiger partial charge in [-0.15, -0.1) is 11.8 Å². The van der Waals surface area contributed by atoms with Crippen molar-refractivity contribution in [1.29, 1.82) is 0 Å². The minimum Gasteiger partial charge on any atom is -0.352 e. The second-order valence-electron chi connectivity index (χ2n) is 6.74. The monoisotopic (exact) mass is 422 g/mol. The number of benzene rings is 3. The SMILES string of the molecule is O=C(CSCc1ccc(C(=O)NCCc2ccccc2)cc1)Nc1ccc(F)cc1. The number of hydrogen-bond acceptors (Lipinski definition) is 3. The van der Waals surface area contributed by atoms with Gasteiger partial charge in [0.2, 0.25) is 5.91 Å². The Bertz CT molecular complexity index is 961. The summed E-state index contributed by atoms with van der Waals surface area (Å²) in [5.74, 6) is 0.381. The van der Waals surface area contributed by atoms with Gasteiger partial charge < -0.3 is 10.6 Å². The van der Waals surface area contributed by atoms with Gasteiger partial charge in [-0.2, -0.15) is 0 Å². The van der Waals surface area contributed by atoms with Gasteiger partial charge in [0.25, 0.3) is 5.91 Å². The molecule has 3 aromatic carbocycles. The summed E-state index contributed by atoms with van der Waals surface area (Å²) in [5.41, 5.74) is 3.42. The first kappa shape index (κ1) is 21.6. The van der Waals surface area contributed by atoms with Gasteiger partial charge in [-0.1, -0.05) is 42.5 Å². The van der Waals surface area contributed by atoms with Crippen LogP contribution in [0.2, 0.25) is 0 Å². The predicted octanol–water partition coefficient (Wildman–Crippen LogP) is 4.67. The molecule has 0 aliphatic carbocycles. The van der Waals surface area contributed by atoms with Crippen LogP contribution < -0.4 is 10.6 Å². The summed E-state index contributed by atoms with van der Waals surface area (Å²) in [5, 5.41) is 5.66. The van der Waals surface area contributed by atoms with Gasteiger partial charge in [-0.25, -0.2) is 4.39 Å². The zero-order valence-electron chi connectivity index (χ0n) is 16.4. The van der Waals surface area contributed by atoms with E-state index < -0.39 is 0 Å². The molecule has 0 spiro atoms. The van der Waals surface area contributed by atoms with Crippen molar-refractivity contribution in [1.82, 2.24) is 5.32 Å². The van der Waals surface area contributed by atoms with Crippen molar-refractivity contribution >= 4 is 29.3 Å². The molecule has 0 unspecified atom stereocenters. The lowest BCUT2D eigenvalue weighted by molar-refractivity contribution is -0.113. The van der Waals surface area contributed by atoms with Crippen LogP contribution in [-0.4, -0.2) is 24.1 Å². The molecule has 0 atom stereocenters. The molecule has 2 amide bonds. The average Bonchev–Trinajstić information content (AvgIpc) is 2.76. The molecule has 154 valence electrons. The molecule has 0 aromatic heterocycles. The quantitative estimate of drug-likeness (QED) is 0.527. The van der Waals surface area contributed by atoms with Crippen LogP contribution in [0.3, 0.4) is 0 Å². The number of hydrogen-bond donors (Lipinski definition) is 2. The second kappa shape index (κ2) is 11.2. The topological polar surface area (TPSA) is 58.2 Å². The van der Waals surface area contributed by atoms with Crippen LogP contribution in [0.5, 0.6) is 0 Å². The molecule has 2 N–H and O–H groups in total. The summed E-state index contributed by atoms with van der Waals surface area (Å²) in [6.07, 6.45) is 0.793. The molecule has 3 aromatic rings. The number of thioether (sulfide) groups is 1. The highest BCUT2D eigenvalue weighted by molar-refractivity contribution is 7.99. The van der Waals surface area contributed by atoms with Gasteiger partial charge in [-0.3, -0.25) is 9.59 Å². The Morgan fingerprint density at radius 2 is 1.53 bits per heavy atom. The van der Waals surface area contributed by atoms with E-state index in [1.807, 2.05) is 42.5 Å². The van der Waals surface area contributed by atoms with Crippen LogP contribution >= 0.6 is 11.8 Å². The van der Waals surface area contributed by atoms with Crippen LogP contribution in [-0.2, 0) is 17.0 Å². The lowest BCUT2D eigenvalue weighted by Crippen LogP contribution is -2.25. The molecule has 0 radical (unpaired) electrons. The van der Waals surface area contributed by atoms with E-state index in [1.165, 1.54) is 41.6 Å². The van der Waals surface area contributed by atoms with Gasteiger partial charge >= 0.3 is 0 Å². The molecule has 0 saturated carbocycles. The first-order valence-electron chi connectivity index (χ1n) is 9.64. The van der Waals surface area contributed by atoms with Crippen molar-refractivity contribution in [3.8, 4) is 0 Å². The lowest BCUT2D eigenvalue weighted by atomic mass is 10.1. The number of anilines is 1. The Kier molecular flexibility index (Phi) is 8.03. The second-order valence-corrected chi connectivity index (χ2v) is 7.72. The molecule has 0 aliphatic heterocycles. The highest BCUT2D eigenvalue weighted by Crippen LogP contribution is 2.15. The van der Waals surface area contributed by atoms with Gasteiger partial charge in [0.1, 0.15) is 5.82 Å². The van der Waals surface area contributed by atoms with Crippen molar-refractivity contribution < 1.29 is 14.0 Å². The summed E-state index contributed by atoms with van der Waals surface area (Å²) in [7, 11) is 0. The Labute approximate surface area is 179 Å². The number of carbonyl (C=O) groups is 2. The van der Waals surface area contributed by atoms with Crippen molar-refractivity contribution in [2.75, 3.05) is 17.6 Å². The molecular formula is C24H23FN2O2S.